The molecule has 0 bridgehead atoms. The molecule has 0 aliphatic rings. The van der Waals surface area contributed by atoms with E-state index >= 15 is 0 Å². The van der Waals surface area contributed by atoms with E-state index < -0.39 is 0 Å². The number of anilines is 1. The molecule has 1 aromatic carbocycles. The van der Waals surface area contributed by atoms with E-state index in [4.69, 9.17) is 0 Å². The summed E-state index contributed by atoms with van der Waals surface area (Å²) in [5, 5.41) is 0. The van der Waals surface area contributed by atoms with Gasteiger partial charge in [0.2, 0.25) is 0 Å². The molecule has 0 unspecified atom stereocenters. The van der Waals surface area contributed by atoms with Crippen LogP contribution < -0.4 is 4.90 Å². The summed E-state index contributed by atoms with van der Waals surface area (Å²) >= 11 is 0. The Morgan fingerprint density at radius 1 is 0.923 bits per heavy atom. The van der Waals surface area contributed by atoms with Crippen LogP contribution in [0.3, 0.4) is 0 Å². The van der Waals surface area contributed by atoms with E-state index in [1.54, 1.807) is 0 Å². The molecule has 0 aliphatic heterocycles. The molecule has 13 heavy (non-hydrogen) atoms. The Labute approximate surface area is 82.4 Å². The summed E-state index contributed by atoms with van der Waals surface area (Å²) in [4.78, 5) is 2.16. The molecule has 0 amide bonds. The van der Waals surface area contributed by atoms with Crippen LogP contribution in [0.25, 0.3) is 0 Å². The highest BCUT2D eigenvalue weighted by Crippen LogP contribution is 2.21. The van der Waals surface area contributed by atoms with Gasteiger partial charge in [-0.15, -0.1) is 0 Å². The van der Waals surface area contributed by atoms with Gasteiger partial charge in [-0.2, -0.15) is 0 Å². The van der Waals surface area contributed by atoms with Crippen LogP contribution >= 0.6 is 0 Å². The Morgan fingerprint density at radius 3 is 1.54 bits per heavy atom. The fraction of sp³-hybridized carbons (Fsp3) is 0.500. The maximum absolute atomic E-state index is 2.16. The van der Waals surface area contributed by atoms with Crippen LogP contribution in [0.1, 0.15) is 25.0 Å². The van der Waals surface area contributed by atoms with Crippen molar-refractivity contribution in [3.63, 3.8) is 0 Å². The van der Waals surface area contributed by atoms with Gasteiger partial charge >= 0.3 is 0 Å². The van der Waals surface area contributed by atoms with E-state index in [-0.39, 0.29) is 0 Å². The van der Waals surface area contributed by atoms with Crippen molar-refractivity contribution < 1.29 is 0 Å². The average molecular weight is 179 g/mol. The Bertz CT molecular complexity index is 231. The van der Waals surface area contributed by atoms with Crippen molar-refractivity contribution in [1.29, 1.82) is 0 Å². The van der Waals surface area contributed by atoms with Crippen molar-refractivity contribution in [2.24, 2.45) is 0 Å². The number of rotatable bonds is 1. The maximum Gasteiger partial charge on any atom is 0.0420 e. The third kappa shape index (κ3) is 3.10. The molecule has 1 aromatic rings. The minimum absolute atomic E-state index is 1.34. The lowest BCUT2D eigenvalue weighted by molar-refractivity contribution is 1.10. The lowest BCUT2D eigenvalue weighted by atomic mass is 10.1. The number of para-hydroxylation sites is 1. The van der Waals surface area contributed by atoms with Gasteiger partial charge in [-0.05, 0) is 25.0 Å². The van der Waals surface area contributed by atoms with Crippen LogP contribution in [-0.2, 0) is 0 Å². The Kier molecular flexibility index (Phi) is 5.20. The minimum atomic E-state index is 1.34. The molecular weight excluding hydrogens is 158 g/mol. The van der Waals surface area contributed by atoms with Gasteiger partial charge in [0, 0.05) is 19.8 Å². The monoisotopic (exact) mass is 179 g/mol. The molecule has 0 heterocycles. The largest absolute Gasteiger partial charge is 0.377 e. The zero-order valence-corrected chi connectivity index (χ0v) is 9.68. The highest BCUT2D eigenvalue weighted by molar-refractivity contribution is 5.57. The van der Waals surface area contributed by atoms with Gasteiger partial charge in [-0.3, -0.25) is 0 Å². The molecule has 0 radical (unpaired) electrons. The summed E-state index contributed by atoms with van der Waals surface area (Å²) < 4.78 is 0. The molecule has 0 saturated heterocycles. The second kappa shape index (κ2) is 5.63. The standard InChI is InChI=1S/C10H15N.C2H6/c1-8-6-5-7-9(2)10(8)11(3)4;1-2/h5-7H,1-4H3;1-2H3. The lowest BCUT2D eigenvalue weighted by Crippen LogP contribution is -2.11. The summed E-state index contributed by atoms with van der Waals surface area (Å²) in [6, 6.07) is 6.38. The smallest absolute Gasteiger partial charge is 0.0420 e. The highest BCUT2D eigenvalue weighted by Gasteiger charge is 2.01. The first-order chi connectivity index (χ1) is 6.13. The van der Waals surface area contributed by atoms with Gasteiger partial charge in [-0.25, -0.2) is 0 Å². The summed E-state index contributed by atoms with van der Waals surface area (Å²) in [5.74, 6) is 0. The topological polar surface area (TPSA) is 3.24 Å². The van der Waals surface area contributed by atoms with Crippen LogP contribution in [0.5, 0.6) is 0 Å². The third-order valence-corrected chi connectivity index (χ3v) is 1.89. The summed E-state index contributed by atoms with van der Waals surface area (Å²) in [7, 11) is 4.16. The van der Waals surface area contributed by atoms with Crippen LogP contribution in [0.2, 0.25) is 0 Å². The van der Waals surface area contributed by atoms with Gasteiger partial charge in [0.15, 0.2) is 0 Å². The Morgan fingerprint density at radius 2 is 1.31 bits per heavy atom. The summed E-state index contributed by atoms with van der Waals surface area (Å²) in [5.41, 5.74) is 4.03. The molecular formula is C12H21N. The van der Waals surface area contributed by atoms with Crippen molar-refractivity contribution >= 4 is 5.69 Å². The predicted octanol–water partition coefficient (Wildman–Crippen LogP) is 3.40. The van der Waals surface area contributed by atoms with Crippen molar-refractivity contribution in [2.45, 2.75) is 27.7 Å². The number of nitrogens with zero attached hydrogens (tertiary/aromatic N) is 1. The first-order valence-electron chi connectivity index (χ1n) is 4.86. The molecule has 0 saturated carbocycles. The minimum Gasteiger partial charge on any atom is -0.377 e. The van der Waals surface area contributed by atoms with Crippen molar-refractivity contribution in [3.8, 4) is 0 Å². The predicted molar refractivity (Wildman–Crippen MR) is 61.6 cm³/mol. The van der Waals surface area contributed by atoms with Gasteiger partial charge < -0.3 is 4.90 Å². The number of benzene rings is 1. The van der Waals surface area contributed by atoms with Crippen LogP contribution in [0.4, 0.5) is 5.69 Å². The SMILES string of the molecule is CC.Cc1cccc(C)c1N(C)C. The normalized spacial score (nSPS) is 8.77. The van der Waals surface area contributed by atoms with Crippen molar-refractivity contribution in [3.05, 3.63) is 29.3 Å². The van der Waals surface area contributed by atoms with Gasteiger partial charge in [0.05, 0.1) is 0 Å². The molecule has 0 atom stereocenters. The van der Waals surface area contributed by atoms with E-state index in [1.807, 2.05) is 13.8 Å². The molecule has 0 N–H and O–H groups in total. The average Bonchev–Trinajstić information content (AvgIpc) is 2.07. The van der Waals surface area contributed by atoms with Gasteiger partial charge in [0.1, 0.15) is 0 Å². The van der Waals surface area contributed by atoms with E-state index in [1.165, 1.54) is 16.8 Å². The zero-order valence-electron chi connectivity index (χ0n) is 9.68. The third-order valence-electron chi connectivity index (χ3n) is 1.89. The van der Waals surface area contributed by atoms with Crippen LogP contribution in [0.15, 0.2) is 18.2 Å². The fourth-order valence-electron chi connectivity index (χ4n) is 1.51. The van der Waals surface area contributed by atoms with Crippen LogP contribution in [-0.4, -0.2) is 14.1 Å². The molecule has 1 rings (SSSR count). The van der Waals surface area contributed by atoms with Gasteiger partial charge in [0.25, 0.3) is 0 Å². The number of hydrogen-bond donors (Lipinski definition) is 0. The van der Waals surface area contributed by atoms with Crippen molar-refractivity contribution in [2.75, 3.05) is 19.0 Å². The zero-order chi connectivity index (χ0) is 10.4. The number of aryl methyl sites for hydroxylation is 2. The first kappa shape index (κ1) is 12.0. The molecule has 0 spiro atoms. The lowest BCUT2D eigenvalue weighted by Gasteiger charge is -2.17. The van der Waals surface area contributed by atoms with Crippen LogP contribution in [0, 0.1) is 13.8 Å². The van der Waals surface area contributed by atoms with E-state index in [0.29, 0.717) is 0 Å². The van der Waals surface area contributed by atoms with Crippen molar-refractivity contribution in [1.82, 2.24) is 0 Å². The fourth-order valence-corrected chi connectivity index (χ4v) is 1.51. The van der Waals surface area contributed by atoms with E-state index in [2.05, 4.69) is 51.0 Å². The highest BCUT2D eigenvalue weighted by atomic mass is 15.1. The molecule has 0 fully saturated rings. The quantitative estimate of drug-likeness (QED) is 0.638. The molecule has 0 aromatic heterocycles. The molecule has 1 nitrogen and oxygen atoms in total. The number of hydrogen-bond acceptors (Lipinski definition) is 1. The molecule has 74 valence electrons. The summed E-state index contributed by atoms with van der Waals surface area (Å²) in [6.45, 7) is 8.28. The van der Waals surface area contributed by atoms with E-state index in [0.717, 1.165) is 0 Å². The molecule has 1 heteroatoms. The maximum atomic E-state index is 2.16. The summed E-state index contributed by atoms with van der Waals surface area (Å²) in [6.07, 6.45) is 0. The Hall–Kier alpha value is -0.980. The first-order valence-corrected chi connectivity index (χ1v) is 4.86. The van der Waals surface area contributed by atoms with Gasteiger partial charge in [-0.1, -0.05) is 32.0 Å². The van der Waals surface area contributed by atoms with E-state index in [9.17, 15) is 0 Å². The molecule has 0 aliphatic carbocycles. The second-order valence-electron chi connectivity index (χ2n) is 3.13. The second-order valence-corrected chi connectivity index (χ2v) is 3.13. The Balaban J connectivity index is 0.000000671.